The van der Waals surface area contributed by atoms with Gasteiger partial charge in [-0.3, -0.25) is 4.79 Å². The average molecular weight is 240 g/mol. The zero-order valence-corrected chi connectivity index (χ0v) is 9.57. The predicted octanol–water partition coefficient (Wildman–Crippen LogP) is 1.80. The van der Waals surface area contributed by atoms with Crippen LogP contribution in [0, 0.1) is 5.92 Å². The molecule has 1 heterocycles. The fourth-order valence-electron chi connectivity index (χ4n) is 2.02. The van der Waals surface area contributed by atoms with Gasteiger partial charge in [0, 0.05) is 12.2 Å². The van der Waals surface area contributed by atoms with Gasteiger partial charge in [-0.25, -0.2) is 4.98 Å². The number of nitrogens with one attached hydrogen (secondary N) is 1. The van der Waals surface area contributed by atoms with Crippen LogP contribution in [0.25, 0.3) is 0 Å². The van der Waals surface area contributed by atoms with Crippen LogP contribution < -0.4 is 11.1 Å². The maximum Gasteiger partial charge on any atom is 0.229 e. The minimum Gasteiger partial charge on any atom is -0.327 e. The SMILES string of the molecule is NC1CCCC1C(=O)Nc1cccnc1Cl. The molecule has 1 saturated carbocycles. The molecular weight excluding hydrogens is 226 g/mol. The molecular formula is C11H14ClN3O. The van der Waals surface area contributed by atoms with Crippen LogP contribution in [0.1, 0.15) is 19.3 Å². The summed E-state index contributed by atoms with van der Waals surface area (Å²) in [6.07, 6.45) is 4.36. The van der Waals surface area contributed by atoms with Crippen LogP contribution in [0.15, 0.2) is 18.3 Å². The first-order chi connectivity index (χ1) is 7.68. The van der Waals surface area contributed by atoms with Crippen molar-refractivity contribution in [3.63, 3.8) is 0 Å². The lowest BCUT2D eigenvalue weighted by molar-refractivity contribution is -0.120. The van der Waals surface area contributed by atoms with Gasteiger partial charge in [-0.1, -0.05) is 18.0 Å². The molecule has 1 aliphatic carbocycles. The number of carbonyl (C=O) groups excluding carboxylic acids is 1. The molecule has 16 heavy (non-hydrogen) atoms. The Labute approximate surface area is 99.2 Å². The summed E-state index contributed by atoms with van der Waals surface area (Å²) in [4.78, 5) is 15.8. The molecule has 5 heteroatoms. The van der Waals surface area contributed by atoms with Gasteiger partial charge in [-0.15, -0.1) is 0 Å². The number of rotatable bonds is 2. The van der Waals surface area contributed by atoms with Crippen LogP contribution in [0.2, 0.25) is 5.15 Å². The second-order valence-corrected chi connectivity index (χ2v) is 4.39. The van der Waals surface area contributed by atoms with E-state index in [1.807, 2.05) is 0 Å². The van der Waals surface area contributed by atoms with Gasteiger partial charge in [-0.05, 0) is 25.0 Å². The fraction of sp³-hybridized carbons (Fsp3) is 0.455. The van der Waals surface area contributed by atoms with Crippen molar-refractivity contribution >= 4 is 23.2 Å². The zero-order valence-electron chi connectivity index (χ0n) is 8.82. The first-order valence-corrected chi connectivity index (χ1v) is 5.73. The lowest BCUT2D eigenvalue weighted by Crippen LogP contribution is -2.34. The summed E-state index contributed by atoms with van der Waals surface area (Å²) in [6.45, 7) is 0. The van der Waals surface area contributed by atoms with Crippen molar-refractivity contribution in [2.45, 2.75) is 25.3 Å². The number of nitrogens with zero attached hydrogens (tertiary/aromatic N) is 1. The summed E-state index contributed by atoms with van der Waals surface area (Å²) in [5.41, 5.74) is 6.41. The highest BCUT2D eigenvalue weighted by Gasteiger charge is 2.30. The molecule has 1 fully saturated rings. The largest absolute Gasteiger partial charge is 0.327 e. The van der Waals surface area contributed by atoms with E-state index in [0.29, 0.717) is 10.8 Å². The average Bonchev–Trinajstić information content (AvgIpc) is 2.68. The molecule has 1 aliphatic rings. The molecule has 0 aliphatic heterocycles. The van der Waals surface area contributed by atoms with Crippen molar-refractivity contribution in [1.82, 2.24) is 4.98 Å². The highest BCUT2D eigenvalue weighted by Crippen LogP contribution is 2.26. The summed E-state index contributed by atoms with van der Waals surface area (Å²) in [5.74, 6) is -0.156. The molecule has 0 aromatic carbocycles. The molecule has 0 radical (unpaired) electrons. The molecule has 2 unspecified atom stereocenters. The van der Waals surface area contributed by atoms with Crippen molar-refractivity contribution in [2.75, 3.05) is 5.32 Å². The predicted molar refractivity (Wildman–Crippen MR) is 63.2 cm³/mol. The van der Waals surface area contributed by atoms with Gasteiger partial charge in [0.1, 0.15) is 0 Å². The summed E-state index contributed by atoms with van der Waals surface area (Å²) in [7, 11) is 0. The van der Waals surface area contributed by atoms with E-state index in [1.54, 1.807) is 18.3 Å². The van der Waals surface area contributed by atoms with E-state index in [2.05, 4.69) is 10.3 Å². The Morgan fingerprint density at radius 3 is 3.00 bits per heavy atom. The lowest BCUT2D eigenvalue weighted by atomic mass is 10.0. The van der Waals surface area contributed by atoms with Crippen molar-refractivity contribution in [3.8, 4) is 0 Å². The Hall–Kier alpha value is -1.13. The van der Waals surface area contributed by atoms with Crippen molar-refractivity contribution in [1.29, 1.82) is 0 Å². The standard InChI is InChI=1S/C11H14ClN3O/c12-10-9(5-2-6-14-10)15-11(16)7-3-1-4-8(7)13/h2,5-8H,1,3-4,13H2,(H,15,16). The minimum absolute atomic E-state index is 0.0320. The van der Waals surface area contributed by atoms with Gasteiger partial charge in [0.05, 0.1) is 11.6 Å². The maximum atomic E-state index is 11.9. The van der Waals surface area contributed by atoms with Gasteiger partial charge in [0.25, 0.3) is 0 Å². The van der Waals surface area contributed by atoms with Crippen LogP contribution in [-0.2, 0) is 4.79 Å². The Morgan fingerprint density at radius 1 is 1.56 bits per heavy atom. The smallest absolute Gasteiger partial charge is 0.229 e. The molecule has 1 aromatic heterocycles. The molecule has 0 saturated heterocycles. The second-order valence-electron chi connectivity index (χ2n) is 4.03. The Morgan fingerprint density at radius 2 is 2.38 bits per heavy atom. The number of pyridine rings is 1. The number of carbonyl (C=O) groups is 1. The Balaban J connectivity index is 2.05. The van der Waals surface area contributed by atoms with Crippen LogP contribution in [0.4, 0.5) is 5.69 Å². The van der Waals surface area contributed by atoms with Gasteiger partial charge in [0.15, 0.2) is 5.15 Å². The van der Waals surface area contributed by atoms with Crippen molar-refractivity contribution in [2.24, 2.45) is 11.7 Å². The molecule has 4 nitrogen and oxygen atoms in total. The third-order valence-electron chi connectivity index (χ3n) is 2.92. The third kappa shape index (κ3) is 2.33. The van der Waals surface area contributed by atoms with E-state index in [0.717, 1.165) is 19.3 Å². The molecule has 0 bridgehead atoms. The Kier molecular flexibility index (Phi) is 3.41. The number of aromatic nitrogens is 1. The second kappa shape index (κ2) is 4.80. The maximum absolute atomic E-state index is 11.9. The molecule has 2 rings (SSSR count). The fourth-order valence-corrected chi connectivity index (χ4v) is 2.19. The van der Waals surface area contributed by atoms with Crippen molar-refractivity contribution < 1.29 is 4.79 Å². The first-order valence-electron chi connectivity index (χ1n) is 5.35. The number of nitrogens with two attached hydrogens (primary N) is 1. The topological polar surface area (TPSA) is 68.0 Å². The Bertz CT molecular complexity index is 397. The minimum atomic E-state index is -0.101. The van der Waals surface area contributed by atoms with Crippen LogP contribution >= 0.6 is 11.6 Å². The molecule has 1 aromatic rings. The van der Waals surface area contributed by atoms with Crippen LogP contribution in [0.5, 0.6) is 0 Å². The summed E-state index contributed by atoms with van der Waals surface area (Å²) >= 11 is 5.85. The molecule has 86 valence electrons. The van der Waals surface area contributed by atoms with Gasteiger partial charge in [0.2, 0.25) is 5.91 Å². The summed E-state index contributed by atoms with van der Waals surface area (Å²) in [6, 6.07) is 3.43. The number of hydrogen-bond donors (Lipinski definition) is 2. The molecule has 3 N–H and O–H groups in total. The highest BCUT2D eigenvalue weighted by atomic mass is 35.5. The first kappa shape index (κ1) is 11.4. The zero-order chi connectivity index (χ0) is 11.5. The van der Waals surface area contributed by atoms with Crippen LogP contribution in [-0.4, -0.2) is 16.9 Å². The lowest BCUT2D eigenvalue weighted by Gasteiger charge is -2.15. The normalized spacial score (nSPS) is 24.4. The van der Waals surface area contributed by atoms with E-state index >= 15 is 0 Å². The molecule has 0 spiro atoms. The van der Waals surface area contributed by atoms with E-state index in [9.17, 15) is 4.79 Å². The summed E-state index contributed by atoms with van der Waals surface area (Å²) in [5, 5.41) is 3.08. The number of amides is 1. The van der Waals surface area contributed by atoms with E-state index in [4.69, 9.17) is 17.3 Å². The van der Waals surface area contributed by atoms with Gasteiger partial charge in [-0.2, -0.15) is 0 Å². The number of hydrogen-bond acceptors (Lipinski definition) is 3. The van der Waals surface area contributed by atoms with Crippen molar-refractivity contribution in [3.05, 3.63) is 23.5 Å². The summed E-state index contributed by atoms with van der Waals surface area (Å²) < 4.78 is 0. The quantitative estimate of drug-likeness (QED) is 0.774. The molecule has 1 amide bonds. The van der Waals surface area contributed by atoms with E-state index in [1.165, 1.54) is 0 Å². The monoisotopic (exact) mass is 239 g/mol. The van der Waals surface area contributed by atoms with Gasteiger partial charge >= 0.3 is 0 Å². The van der Waals surface area contributed by atoms with E-state index < -0.39 is 0 Å². The number of anilines is 1. The third-order valence-corrected chi connectivity index (χ3v) is 3.22. The molecule has 2 atom stereocenters. The van der Waals surface area contributed by atoms with Gasteiger partial charge < -0.3 is 11.1 Å². The van der Waals surface area contributed by atoms with E-state index in [-0.39, 0.29) is 17.9 Å². The highest BCUT2D eigenvalue weighted by molar-refractivity contribution is 6.32. The number of halogens is 1. The van der Waals surface area contributed by atoms with Crippen LogP contribution in [0.3, 0.4) is 0 Å².